The summed E-state index contributed by atoms with van der Waals surface area (Å²) in [6.45, 7) is 0.437. The fourth-order valence-electron chi connectivity index (χ4n) is 3.52. The Balaban J connectivity index is 1.39. The smallest absolute Gasteiger partial charge is 0.252 e. The van der Waals surface area contributed by atoms with Crippen molar-refractivity contribution in [1.29, 1.82) is 0 Å². The van der Waals surface area contributed by atoms with Gasteiger partial charge in [0, 0.05) is 50.6 Å². The van der Waals surface area contributed by atoms with Gasteiger partial charge < -0.3 is 15.5 Å². The molecule has 2 aromatic heterocycles. The first kappa shape index (κ1) is 20.5. The van der Waals surface area contributed by atoms with Crippen LogP contribution < -0.4 is 15.5 Å². The van der Waals surface area contributed by atoms with Gasteiger partial charge in [-0.05, 0) is 23.8 Å². The van der Waals surface area contributed by atoms with E-state index in [1.165, 1.54) is 0 Å². The first-order valence-electron chi connectivity index (χ1n) is 10.1. The molecule has 2 N–H and O–H groups in total. The molecule has 1 unspecified atom stereocenters. The van der Waals surface area contributed by atoms with Crippen LogP contribution >= 0.6 is 0 Å². The standard InChI is InChI=1S/C23H24N6O2/c1-29(2)20-13-15(26-22(28-20)18-9-5-6-11-24-18)10-12-25-21(30)14-19-16-7-3-4-8-17(16)23(31)27-19/h3-9,11,13,19H,10,12,14H2,1-2H3,(H,25,30)(H,27,31). The maximum Gasteiger partial charge on any atom is 0.252 e. The van der Waals surface area contributed by atoms with Gasteiger partial charge in [-0.25, -0.2) is 9.97 Å². The fourth-order valence-corrected chi connectivity index (χ4v) is 3.52. The summed E-state index contributed by atoms with van der Waals surface area (Å²) >= 11 is 0. The van der Waals surface area contributed by atoms with E-state index in [0.29, 0.717) is 30.0 Å². The average molecular weight is 416 g/mol. The molecule has 0 saturated heterocycles. The van der Waals surface area contributed by atoms with Crippen LogP contribution in [0.4, 0.5) is 5.82 Å². The lowest BCUT2D eigenvalue weighted by atomic mass is 10.0. The third-order valence-corrected chi connectivity index (χ3v) is 5.10. The summed E-state index contributed by atoms with van der Waals surface area (Å²) in [5, 5.41) is 5.80. The normalized spacial score (nSPS) is 14.6. The molecule has 1 atom stereocenters. The van der Waals surface area contributed by atoms with Crippen molar-refractivity contribution in [2.24, 2.45) is 0 Å². The molecule has 3 aromatic rings. The van der Waals surface area contributed by atoms with Gasteiger partial charge >= 0.3 is 0 Å². The molecule has 0 bridgehead atoms. The predicted octanol–water partition coefficient (Wildman–Crippen LogP) is 2.14. The Kier molecular flexibility index (Phi) is 5.88. The number of benzene rings is 1. The van der Waals surface area contributed by atoms with Gasteiger partial charge in [0.1, 0.15) is 11.5 Å². The van der Waals surface area contributed by atoms with E-state index in [9.17, 15) is 9.59 Å². The van der Waals surface area contributed by atoms with Gasteiger partial charge in [-0.15, -0.1) is 0 Å². The van der Waals surface area contributed by atoms with Crippen LogP contribution in [0, 0.1) is 0 Å². The zero-order valence-electron chi connectivity index (χ0n) is 17.5. The summed E-state index contributed by atoms with van der Waals surface area (Å²) in [5.41, 5.74) is 3.03. The van der Waals surface area contributed by atoms with E-state index in [-0.39, 0.29) is 24.3 Å². The molecule has 4 rings (SSSR count). The van der Waals surface area contributed by atoms with Crippen LogP contribution in [-0.2, 0) is 11.2 Å². The first-order chi connectivity index (χ1) is 15.0. The number of hydrogen-bond donors (Lipinski definition) is 2. The number of rotatable bonds is 7. The molecule has 0 saturated carbocycles. The minimum atomic E-state index is -0.293. The van der Waals surface area contributed by atoms with Gasteiger partial charge in [-0.3, -0.25) is 14.6 Å². The van der Waals surface area contributed by atoms with Gasteiger partial charge in [-0.1, -0.05) is 24.3 Å². The molecular formula is C23H24N6O2. The minimum absolute atomic E-state index is 0.117. The third kappa shape index (κ3) is 4.69. The van der Waals surface area contributed by atoms with E-state index in [1.807, 2.05) is 61.5 Å². The predicted molar refractivity (Wildman–Crippen MR) is 118 cm³/mol. The van der Waals surface area contributed by atoms with Crippen molar-refractivity contribution in [3.8, 4) is 11.5 Å². The summed E-state index contributed by atoms with van der Waals surface area (Å²) in [6, 6.07) is 14.6. The van der Waals surface area contributed by atoms with Crippen LogP contribution in [0.2, 0.25) is 0 Å². The summed E-state index contributed by atoms with van der Waals surface area (Å²) in [4.78, 5) is 39.9. The number of carbonyl (C=O) groups excluding carboxylic acids is 2. The maximum absolute atomic E-state index is 12.5. The Hall–Kier alpha value is -3.81. The Labute approximate surface area is 180 Å². The number of amides is 2. The lowest BCUT2D eigenvalue weighted by Gasteiger charge is -2.15. The maximum atomic E-state index is 12.5. The van der Waals surface area contributed by atoms with Crippen LogP contribution in [-0.4, -0.2) is 47.4 Å². The number of anilines is 1. The number of carbonyl (C=O) groups is 2. The summed E-state index contributed by atoms with van der Waals surface area (Å²) < 4.78 is 0. The largest absolute Gasteiger partial charge is 0.363 e. The number of pyridine rings is 1. The fraction of sp³-hybridized carbons (Fsp3) is 0.261. The number of aromatic nitrogens is 3. The molecule has 1 aliphatic rings. The molecule has 1 aliphatic heterocycles. The lowest BCUT2D eigenvalue weighted by Crippen LogP contribution is -2.30. The van der Waals surface area contributed by atoms with Gasteiger partial charge in [0.2, 0.25) is 5.91 Å². The van der Waals surface area contributed by atoms with Gasteiger partial charge in [-0.2, -0.15) is 0 Å². The van der Waals surface area contributed by atoms with Gasteiger partial charge in [0.15, 0.2) is 5.82 Å². The molecule has 158 valence electrons. The van der Waals surface area contributed by atoms with Gasteiger partial charge in [0.05, 0.1) is 12.5 Å². The summed E-state index contributed by atoms with van der Waals surface area (Å²) in [5.74, 6) is 1.09. The van der Waals surface area contributed by atoms with E-state index in [4.69, 9.17) is 0 Å². The SMILES string of the molecule is CN(C)c1cc(CCNC(=O)CC2NC(=O)c3ccccc32)nc(-c2ccccn2)n1. The molecule has 0 fully saturated rings. The molecule has 1 aromatic carbocycles. The third-order valence-electron chi connectivity index (χ3n) is 5.10. The zero-order chi connectivity index (χ0) is 21.8. The topological polar surface area (TPSA) is 100 Å². The number of hydrogen-bond acceptors (Lipinski definition) is 6. The monoisotopic (exact) mass is 416 g/mol. The highest BCUT2D eigenvalue weighted by molar-refractivity contribution is 5.99. The van der Waals surface area contributed by atoms with E-state index in [1.54, 1.807) is 12.3 Å². The Morgan fingerprint density at radius 1 is 1.13 bits per heavy atom. The van der Waals surface area contributed by atoms with E-state index in [2.05, 4.69) is 25.6 Å². The Bertz CT molecular complexity index is 1100. The molecule has 0 spiro atoms. The van der Waals surface area contributed by atoms with E-state index in [0.717, 1.165) is 17.1 Å². The molecule has 0 radical (unpaired) electrons. The second-order valence-electron chi connectivity index (χ2n) is 7.57. The number of fused-ring (bicyclic) bond motifs is 1. The van der Waals surface area contributed by atoms with Crippen LogP contribution in [0.25, 0.3) is 11.5 Å². The van der Waals surface area contributed by atoms with Crippen LogP contribution in [0.15, 0.2) is 54.7 Å². The summed E-state index contributed by atoms with van der Waals surface area (Å²) in [6.07, 6.45) is 2.47. The Morgan fingerprint density at radius 3 is 2.71 bits per heavy atom. The van der Waals surface area contributed by atoms with Crippen molar-refractivity contribution < 1.29 is 9.59 Å². The van der Waals surface area contributed by atoms with Crippen molar-refractivity contribution in [3.05, 3.63) is 71.5 Å². The van der Waals surface area contributed by atoms with Crippen molar-refractivity contribution >= 4 is 17.6 Å². The van der Waals surface area contributed by atoms with E-state index >= 15 is 0 Å². The van der Waals surface area contributed by atoms with Gasteiger partial charge in [0.25, 0.3) is 5.91 Å². The molecule has 0 aliphatic carbocycles. The second-order valence-corrected chi connectivity index (χ2v) is 7.57. The van der Waals surface area contributed by atoms with Crippen LogP contribution in [0.5, 0.6) is 0 Å². The zero-order valence-corrected chi connectivity index (χ0v) is 17.5. The lowest BCUT2D eigenvalue weighted by molar-refractivity contribution is -0.121. The number of nitrogens with zero attached hydrogens (tertiary/aromatic N) is 4. The highest BCUT2D eigenvalue weighted by atomic mass is 16.2. The highest BCUT2D eigenvalue weighted by Gasteiger charge is 2.29. The number of nitrogens with one attached hydrogen (secondary N) is 2. The highest BCUT2D eigenvalue weighted by Crippen LogP contribution is 2.27. The van der Waals surface area contributed by atoms with Crippen molar-refractivity contribution in [1.82, 2.24) is 25.6 Å². The quantitative estimate of drug-likeness (QED) is 0.612. The van der Waals surface area contributed by atoms with Crippen LogP contribution in [0.3, 0.4) is 0 Å². The minimum Gasteiger partial charge on any atom is -0.363 e. The van der Waals surface area contributed by atoms with Crippen molar-refractivity contribution in [2.45, 2.75) is 18.9 Å². The molecule has 8 nitrogen and oxygen atoms in total. The van der Waals surface area contributed by atoms with Crippen molar-refractivity contribution in [3.63, 3.8) is 0 Å². The summed E-state index contributed by atoms with van der Waals surface area (Å²) in [7, 11) is 3.84. The molecule has 3 heterocycles. The molecule has 31 heavy (non-hydrogen) atoms. The molecule has 8 heteroatoms. The average Bonchev–Trinajstić information content (AvgIpc) is 3.09. The first-order valence-corrected chi connectivity index (χ1v) is 10.1. The van der Waals surface area contributed by atoms with Crippen LogP contribution in [0.1, 0.15) is 34.1 Å². The molecule has 2 amide bonds. The van der Waals surface area contributed by atoms with Crippen molar-refractivity contribution in [2.75, 3.05) is 25.5 Å². The second kappa shape index (κ2) is 8.91. The Morgan fingerprint density at radius 2 is 1.94 bits per heavy atom. The molecular weight excluding hydrogens is 392 g/mol. The van der Waals surface area contributed by atoms with E-state index < -0.39 is 0 Å².